The molecule has 0 atom stereocenters. The number of nitrogens with zero attached hydrogens (tertiary/aromatic N) is 3. The third-order valence-electron chi connectivity index (χ3n) is 4.99. The third kappa shape index (κ3) is 3.38. The maximum Gasteiger partial charge on any atom is 0.324 e. The van der Waals surface area contributed by atoms with Crippen LogP contribution >= 0.6 is 0 Å². The molecule has 7 nitrogen and oxygen atoms in total. The quantitative estimate of drug-likeness (QED) is 0.753. The van der Waals surface area contributed by atoms with E-state index < -0.39 is 15.6 Å². The predicted octanol–water partition coefficient (Wildman–Crippen LogP) is 1.46. The molecule has 2 aliphatic rings. The lowest BCUT2D eigenvalue weighted by Gasteiger charge is -2.41. The SMILES string of the molecule is CN(C)C(=O)N1CCOC2(CCN(S(C)(=O)=O)CC2)c2ccccc21. The number of fused-ring (bicyclic) bond motifs is 2. The fourth-order valence-electron chi connectivity index (χ4n) is 3.66. The summed E-state index contributed by atoms with van der Waals surface area (Å²) in [5.41, 5.74) is 1.28. The first-order valence-corrected chi connectivity index (χ1v) is 10.3. The van der Waals surface area contributed by atoms with Crippen molar-refractivity contribution in [1.29, 1.82) is 0 Å². The highest BCUT2D eigenvalue weighted by atomic mass is 32.2. The standard InChI is InChI=1S/C17H25N3O4S/c1-18(2)16(21)20-12-13-24-17(14-6-4-5-7-15(14)20)8-10-19(11-9-17)25(3,22)23/h4-7H,8-13H2,1-3H3. The Morgan fingerprint density at radius 2 is 1.80 bits per heavy atom. The van der Waals surface area contributed by atoms with Gasteiger partial charge in [-0.2, -0.15) is 0 Å². The second kappa shape index (κ2) is 6.59. The van der Waals surface area contributed by atoms with Crippen molar-refractivity contribution in [2.24, 2.45) is 0 Å². The molecule has 1 spiro atoms. The van der Waals surface area contributed by atoms with E-state index in [1.54, 1.807) is 23.9 Å². The van der Waals surface area contributed by atoms with Crippen LogP contribution < -0.4 is 4.90 Å². The van der Waals surface area contributed by atoms with Crippen LogP contribution in [0, 0.1) is 0 Å². The van der Waals surface area contributed by atoms with E-state index in [1.165, 1.54) is 10.6 Å². The Kier molecular flexibility index (Phi) is 4.78. The number of anilines is 1. The molecule has 1 aromatic rings. The zero-order valence-electron chi connectivity index (χ0n) is 14.9. The number of ether oxygens (including phenoxy) is 1. The summed E-state index contributed by atoms with van der Waals surface area (Å²) < 4.78 is 31.4. The van der Waals surface area contributed by atoms with Gasteiger partial charge in [0.05, 0.1) is 30.7 Å². The fourth-order valence-corrected chi connectivity index (χ4v) is 4.50. The molecule has 25 heavy (non-hydrogen) atoms. The highest BCUT2D eigenvalue weighted by Crippen LogP contribution is 2.43. The molecule has 2 heterocycles. The van der Waals surface area contributed by atoms with Crippen LogP contribution in [0.15, 0.2) is 24.3 Å². The first-order valence-electron chi connectivity index (χ1n) is 8.42. The van der Waals surface area contributed by atoms with Gasteiger partial charge >= 0.3 is 6.03 Å². The Labute approximate surface area is 149 Å². The molecular weight excluding hydrogens is 342 g/mol. The van der Waals surface area contributed by atoms with Crippen molar-refractivity contribution >= 4 is 21.7 Å². The lowest BCUT2D eigenvalue weighted by atomic mass is 9.83. The van der Waals surface area contributed by atoms with E-state index in [2.05, 4.69) is 0 Å². The van der Waals surface area contributed by atoms with E-state index in [-0.39, 0.29) is 6.03 Å². The highest BCUT2D eigenvalue weighted by molar-refractivity contribution is 7.88. The third-order valence-corrected chi connectivity index (χ3v) is 6.29. The van der Waals surface area contributed by atoms with Crippen molar-refractivity contribution in [3.8, 4) is 0 Å². The van der Waals surface area contributed by atoms with Crippen LogP contribution in [0.4, 0.5) is 10.5 Å². The minimum Gasteiger partial charge on any atom is -0.368 e. The fraction of sp³-hybridized carbons (Fsp3) is 0.588. The molecule has 2 aliphatic heterocycles. The van der Waals surface area contributed by atoms with Gasteiger partial charge in [-0.15, -0.1) is 0 Å². The first-order chi connectivity index (χ1) is 11.7. The maximum atomic E-state index is 12.6. The molecule has 138 valence electrons. The molecule has 0 N–H and O–H groups in total. The number of carbonyl (C=O) groups excluding carboxylic acids is 1. The summed E-state index contributed by atoms with van der Waals surface area (Å²) in [7, 11) is 0.270. The number of rotatable bonds is 1. The van der Waals surface area contributed by atoms with Gasteiger partial charge in [0.25, 0.3) is 0 Å². The van der Waals surface area contributed by atoms with Gasteiger partial charge in [0.2, 0.25) is 10.0 Å². The second-order valence-electron chi connectivity index (χ2n) is 6.85. The van der Waals surface area contributed by atoms with Crippen LogP contribution in [-0.2, 0) is 20.4 Å². The highest BCUT2D eigenvalue weighted by Gasteiger charge is 2.43. The Morgan fingerprint density at radius 1 is 1.16 bits per heavy atom. The topological polar surface area (TPSA) is 70.2 Å². The summed E-state index contributed by atoms with van der Waals surface area (Å²) in [6.45, 7) is 1.75. The molecule has 8 heteroatoms. The minimum atomic E-state index is -3.20. The lowest BCUT2D eigenvalue weighted by molar-refractivity contribution is -0.0739. The number of para-hydroxylation sites is 1. The number of sulfonamides is 1. The predicted molar refractivity (Wildman–Crippen MR) is 96.2 cm³/mol. The lowest BCUT2D eigenvalue weighted by Crippen LogP contribution is -2.46. The van der Waals surface area contributed by atoms with E-state index >= 15 is 0 Å². The summed E-state index contributed by atoms with van der Waals surface area (Å²) >= 11 is 0. The van der Waals surface area contributed by atoms with Gasteiger partial charge in [-0.25, -0.2) is 17.5 Å². The molecule has 0 radical (unpaired) electrons. The summed E-state index contributed by atoms with van der Waals surface area (Å²) in [5, 5.41) is 0. The Bertz CT molecular complexity index is 755. The summed E-state index contributed by atoms with van der Waals surface area (Å²) in [6, 6.07) is 7.71. The van der Waals surface area contributed by atoms with E-state index in [0.717, 1.165) is 11.3 Å². The zero-order valence-corrected chi connectivity index (χ0v) is 15.8. The molecule has 1 aromatic carbocycles. The molecule has 1 saturated heterocycles. The first kappa shape index (κ1) is 18.2. The number of carbonyl (C=O) groups is 1. The van der Waals surface area contributed by atoms with Crippen LogP contribution in [0.3, 0.4) is 0 Å². The van der Waals surface area contributed by atoms with Gasteiger partial charge in [-0.05, 0) is 18.9 Å². The van der Waals surface area contributed by atoms with E-state index in [4.69, 9.17) is 4.74 Å². The maximum absolute atomic E-state index is 12.6. The normalized spacial score (nSPS) is 20.8. The van der Waals surface area contributed by atoms with Gasteiger partial charge in [-0.1, -0.05) is 18.2 Å². The Morgan fingerprint density at radius 3 is 2.40 bits per heavy atom. The van der Waals surface area contributed by atoms with Crippen LogP contribution in [0.2, 0.25) is 0 Å². The van der Waals surface area contributed by atoms with E-state index in [0.29, 0.717) is 39.1 Å². The van der Waals surface area contributed by atoms with Crippen LogP contribution in [0.1, 0.15) is 18.4 Å². The van der Waals surface area contributed by atoms with Crippen molar-refractivity contribution < 1.29 is 17.9 Å². The summed E-state index contributed by atoms with van der Waals surface area (Å²) in [4.78, 5) is 15.9. The van der Waals surface area contributed by atoms with Gasteiger partial charge < -0.3 is 9.64 Å². The summed E-state index contributed by atoms with van der Waals surface area (Å²) in [5.74, 6) is 0. The van der Waals surface area contributed by atoms with Crippen LogP contribution in [0.5, 0.6) is 0 Å². The van der Waals surface area contributed by atoms with Crippen molar-refractivity contribution in [1.82, 2.24) is 9.21 Å². The zero-order chi connectivity index (χ0) is 18.2. The number of piperidine rings is 1. The van der Waals surface area contributed by atoms with E-state index in [1.807, 2.05) is 24.3 Å². The van der Waals surface area contributed by atoms with Crippen LogP contribution in [-0.4, -0.2) is 70.2 Å². The van der Waals surface area contributed by atoms with Crippen molar-refractivity contribution in [2.45, 2.75) is 18.4 Å². The van der Waals surface area contributed by atoms with E-state index in [9.17, 15) is 13.2 Å². The number of hydrogen-bond donors (Lipinski definition) is 0. The number of hydrogen-bond acceptors (Lipinski definition) is 4. The monoisotopic (exact) mass is 367 g/mol. The molecule has 1 fully saturated rings. The van der Waals surface area contributed by atoms with Gasteiger partial charge in [-0.3, -0.25) is 4.90 Å². The van der Waals surface area contributed by atoms with Crippen molar-refractivity contribution in [2.75, 3.05) is 51.5 Å². The van der Waals surface area contributed by atoms with Crippen molar-refractivity contribution in [3.63, 3.8) is 0 Å². The Balaban J connectivity index is 1.97. The van der Waals surface area contributed by atoms with Gasteiger partial charge in [0, 0.05) is 32.7 Å². The van der Waals surface area contributed by atoms with Gasteiger partial charge in [0.1, 0.15) is 0 Å². The molecule has 2 amide bonds. The van der Waals surface area contributed by atoms with Gasteiger partial charge in [0.15, 0.2) is 0 Å². The summed E-state index contributed by atoms with van der Waals surface area (Å²) in [6.07, 6.45) is 2.41. The average Bonchev–Trinajstić information content (AvgIpc) is 2.72. The largest absolute Gasteiger partial charge is 0.368 e. The number of amides is 2. The molecule has 0 unspecified atom stereocenters. The van der Waals surface area contributed by atoms with Crippen LogP contribution in [0.25, 0.3) is 0 Å². The molecule has 3 rings (SSSR count). The number of benzene rings is 1. The Hall–Kier alpha value is -1.64. The smallest absolute Gasteiger partial charge is 0.324 e. The molecular formula is C17H25N3O4S. The average molecular weight is 367 g/mol. The molecule has 0 saturated carbocycles. The molecule has 0 aliphatic carbocycles. The minimum absolute atomic E-state index is 0.0818. The van der Waals surface area contributed by atoms with Crippen molar-refractivity contribution in [3.05, 3.63) is 29.8 Å². The molecule has 0 aromatic heterocycles. The number of urea groups is 1. The molecule has 0 bridgehead atoms. The second-order valence-corrected chi connectivity index (χ2v) is 8.83.